The molecular formula is C15H17F3N2S. The van der Waals surface area contributed by atoms with Crippen LogP contribution in [0, 0.1) is 11.3 Å². The fourth-order valence-electron chi connectivity index (χ4n) is 2.39. The minimum Gasteiger partial charge on any atom is -0.303 e. The summed E-state index contributed by atoms with van der Waals surface area (Å²) < 4.78 is 38.1. The lowest BCUT2D eigenvalue weighted by Crippen LogP contribution is -2.20. The highest BCUT2D eigenvalue weighted by Gasteiger charge is 2.31. The third-order valence-corrected chi connectivity index (χ3v) is 4.65. The van der Waals surface area contributed by atoms with E-state index in [1.807, 2.05) is 6.07 Å². The molecule has 0 saturated carbocycles. The Labute approximate surface area is 126 Å². The minimum atomic E-state index is -4.36. The molecule has 0 amide bonds. The van der Waals surface area contributed by atoms with Gasteiger partial charge in [-0.2, -0.15) is 18.4 Å². The summed E-state index contributed by atoms with van der Waals surface area (Å²) in [5.41, 5.74) is -0.377. The number of rotatable bonds is 5. The molecular weight excluding hydrogens is 297 g/mol. The molecule has 0 N–H and O–H groups in total. The van der Waals surface area contributed by atoms with Crippen LogP contribution in [0.5, 0.6) is 0 Å². The standard InChI is InChI=1S/C15H17F3N2S/c16-15(17,18)13-5-4-12(11-19)14(10-13)21-9-3-8-20-6-1-2-7-20/h4-5,10H,1-3,6-9H2. The highest BCUT2D eigenvalue weighted by atomic mass is 32.2. The van der Waals surface area contributed by atoms with Crippen molar-refractivity contribution >= 4 is 11.8 Å². The number of likely N-dealkylation sites (tertiary alicyclic amines) is 1. The van der Waals surface area contributed by atoms with E-state index in [-0.39, 0.29) is 0 Å². The fourth-order valence-corrected chi connectivity index (χ4v) is 3.36. The van der Waals surface area contributed by atoms with Crippen molar-refractivity contribution in [3.63, 3.8) is 0 Å². The topological polar surface area (TPSA) is 27.0 Å². The second-order valence-corrected chi connectivity index (χ2v) is 6.21. The summed E-state index contributed by atoms with van der Waals surface area (Å²) in [7, 11) is 0. The van der Waals surface area contributed by atoms with Gasteiger partial charge in [0.05, 0.1) is 11.1 Å². The lowest BCUT2D eigenvalue weighted by Gasteiger charge is -2.14. The van der Waals surface area contributed by atoms with Crippen LogP contribution in [-0.2, 0) is 6.18 Å². The highest BCUT2D eigenvalue weighted by Crippen LogP contribution is 2.33. The van der Waals surface area contributed by atoms with Crippen LogP contribution < -0.4 is 0 Å². The van der Waals surface area contributed by atoms with Crippen LogP contribution >= 0.6 is 11.8 Å². The Balaban J connectivity index is 1.92. The first-order valence-electron chi connectivity index (χ1n) is 6.97. The Morgan fingerprint density at radius 1 is 1.24 bits per heavy atom. The number of alkyl halides is 3. The molecule has 114 valence electrons. The maximum absolute atomic E-state index is 12.7. The summed E-state index contributed by atoms with van der Waals surface area (Å²) >= 11 is 1.34. The van der Waals surface area contributed by atoms with Crippen LogP contribution in [-0.4, -0.2) is 30.3 Å². The Morgan fingerprint density at radius 3 is 2.57 bits per heavy atom. The number of benzene rings is 1. The van der Waals surface area contributed by atoms with E-state index < -0.39 is 11.7 Å². The molecule has 0 spiro atoms. The van der Waals surface area contributed by atoms with Gasteiger partial charge in [-0.05, 0) is 62.8 Å². The normalized spacial score (nSPS) is 16.1. The predicted molar refractivity (Wildman–Crippen MR) is 77.2 cm³/mol. The lowest BCUT2D eigenvalue weighted by atomic mass is 10.1. The van der Waals surface area contributed by atoms with Crippen LogP contribution in [0.2, 0.25) is 0 Å². The Bertz CT molecular complexity index is 517. The number of halogens is 3. The molecule has 0 aromatic heterocycles. The van der Waals surface area contributed by atoms with Crippen molar-refractivity contribution in [2.24, 2.45) is 0 Å². The van der Waals surface area contributed by atoms with Crippen molar-refractivity contribution in [2.45, 2.75) is 30.3 Å². The van der Waals surface area contributed by atoms with Gasteiger partial charge in [0.15, 0.2) is 0 Å². The first kappa shape index (κ1) is 16.2. The van der Waals surface area contributed by atoms with Crippen LogP contribution in [0.25, 0.3) is 0 Å². The molecule has 2 rings (SSSR count). The number of nitriles is 1. The second kappa shape index (κ2) is 7.19. The molecule has 1 saturated heterocycles. The maximum atomic E-state index is 12.7. The average molecular weight is 314 g/mol. The molecule has 1 heterocycles. The molecule has 21 heavy (non-hydrogen) atoms. The SMILES string of the molecule is N#Cc1ccc(C(F)(F)F)cc1SCCCN1CCCC1. The average Bonchev–Trinajstić information content (AvgIpc) is 2.95. The van der Waals surface area contributed by atoms with E-state index in [1.54, 1.807) is 0 Å². The zero-order chi connectivity index (χ0) is 15.3. The molecule has 0 atom stereocenters. The van der Waals surface area contributed by atoms with Crippen LogP contribution in [0.15, 0.2) is 23.1 Å². The van der Waals surface area contributed by atoms with E-state index >= 15 is 0 Å². The monoisotopic (exact) mass is 314 g/mol. The van der Waals surface area contributed by atoms with Crippen molar-refractivity contribution < 1.29 is 13.2 Å². The van der Waals surface area contributed by atoms with Crippen molar-refractivity contribution in [3.05, 3.63) is 29.3 Å². The third-order valence-electron chi connectivity index (χ3n) is 3.50. The van der Waals surface area contributed by atoms with Gasteiger partial charge in [0.1, 0.15) is 6.07 Å². The van der Waals surface area contributed by atoms with Gasteiger partial charge < -0.3 is 4.90 Å². The number of nitrogens with zero attached hydrogens (tertiary/aromatic N) is 2. The molecule has 0 bridgehead atoms. The zero-order valence-electron chi connectivity index (χ0n) is 11.6. The van der Waals surface area contributed by atoms with Gasteiger partial charge in [-0.15, -0.1) is 11.8 Å². The quantitative estimate of drug-likeness (QED) is 0.603. The van der Waals surface area contributed by atoms with Gasteiger partial charge >= 0.3 is 6.18 Å². The predicted octanol–water partition coefficient (Wildman–Crippen LogP) is 4.16. The van der Waals surface area contributed by atoms with E-state index in [4.69, 9.17) is 5.26 Å². The van der Waals surface area contributed by atoms with Crippen molar-refractivity contribution in [3.8, 4) is 6.07 Å². The van der Waals surface area contributed by atoms with Gasteiger partial charge in [0.25, 0.3) is 0 Å². The number of hydrogen-bond acceptors (Lipinski definition) is 3. The number of thioether (sulfide) groups is 1. The first-order valence-corrected chi connectivity index (χ1v) is 7.96. The van der Waals surface area contributed by atoms with Crippen LogP contribution in [0.4, 0.5) is 13.2 Å². The Hall–Kier alpha value is -1.19. The van der Waals surface area contributed by atoms with E-state index in [0.29, 0.717) is 10.5 Å². The van der Waals surface area contributed by atoms with Crippen molar-refractivity contribution in [1.82, 2.24) is 4.90 Å². The van der Waals surface area contributed by atoms with Crippen molar-refractivity contribution in [1.29, 1.82) is 5.26 Å². The Kier molecular flexibility index (Phi) is 5.54. The first-order chi connectivity index (χ1) is 10.0. The largest absolute Gasteiger partial charge is 0.416 e. The lowest BCUT2D eigenvalue weighted by molar-refractivity contribution is -0.137. The molecule has 0 unspecified atom stereocenters. The van der Waals surface area contributed by atoms with Gasteiger partial charge in [-0.25, -0.2) is 0 Å². The van der Waals surface area contributed by atoms with E-state index in [9.17, 15) is 13.2 Å². The van der Waals surface area contributed by atoms with Gasteiger partial charge in [0, 0.05) is 4.90 Å². The van der Waals surface area contributed by atoms with Gasteiger partial charge in [0.2, 0.25) is 0 Å². The Morgan fingerprint density at radius 2 is 1.95 bits per heavy atom. The third kappa shape index (κ3) is 4.65. The zero-order valence-corrected chi connectivity index (χ0v) is 12.4. The smallest absolute Gasteiger partial charge is 0.303 e. The van der Waals surface area contributed by atoms with Crippen LogP contribution in [0.3, 0.4) is 0 Å². The molecule has 1 aromatic carbocycles. The summed E-state index contributed by atoms with van der Waals surface area (Å²) in [5, 5.41) is 8.99. The van der Waals surface area contributed by atoms with E-state index in [1.165, 1.54) is 30.7 Å². The summed E-state index contributed by atoms with van der Waals surface area (Å²) in [6.45, 7) is 3.23. The molecule has 1 aromatic rings. The molecule has 1 aliphatic heterocycles. The van der Waals surface area contributed by atoms with Gasteiger partial charge in [-0.3, -0.25) is 0 Å². The fraction of sp³-hybridized carbons (Fsp3) is 0.533. The molecule has 0 aliphatic carbocycles. The maximum Gasteiger partial charge on any atom is 0.416 e. The van der Waals surface area contributed by atoms with E-state index in [0.717, 1.165) is 43.9 Å². The summed E-state index contributed by atoms with van der Waals surface area (Å²) in [6.07, 6.45) is -0.969. The van der Waals surface area contributed by atoms with Crippen LogP contribution in [0.1, 0.15) is 30.4 Å². The molecule has 6 heteroatoms. The minimum absolute atomic E-state index is 0.314. The number of hydrogen-bond donors (Lipinski definition) is 0. The molecule has 2 nitrogen and oxygen atoms in total. The molecule has 0 radical (unpaired) electrons. The summed E-state index contributed by atoms with van der Waals surface area (Å²) in [6, 6.07) is 5.26. The highest BCUT2D eigenvalue weighted by molar-refractivity contribution is 7.99. The van der Waals surface area contributed by atoms with Gasteiger partial charge in [-0.1, -0.05) is 0 Å². The summed E-state index contributed by atoms with van der Waals surface area (Å²) in [5.74, 6) is 0.729. The second-order valence-electron chi connectivity index (χ2n) is 5.07. The molecule has 1 aliphatic rings. The molecule has 1 fully saturated rings. The van der Waals surface area contributed by atoms with E-state index in [2.05, 4.69) is 4.90 Å². The summed E-state index contributed by atoms with van der Waals surface area (Å²) in [4.78, 5) is 2.80. The van der Waals surface area contributed by atoms with Crippen molar-refractivity contribution in [2.75, 3.05) is 25.4 Å².